The summed E-state index contributed by atoms with van der Waals surface area (Å²) in [6, 6.07) is 9.76. The van der Waals surface area contributed by atoms with Gasteiger partial charge >= 0.3 is 0 Å². The van der Waals surface area contributed by atoms with E-state index in [-0.39, 0.29) is 0 Å². The minimum absolute atomic E-state index is 0.652. The van der Waals surface area contributed by atoms with E-state index in [1.54, 1.807) is 0 Å². The van der Waals surface area contributed by atoms with Gasteiger partial charge in [0.15, 0.2) is 0 Å². The molecule has 0 saturated carbocycles. The molecule has 0 aliphatic heterocycles. The van der Waals surface area contributed by atoms with E-state index in [4.69, 9.17) is 5.84 Å². The second-order valence-electron chi connectivity index (χ2n) is 3.73. The zero-order valence-corrected chi connectivity index (χ0v) is 10.6. The lowest BCUT2D eigenvalue weighted by Gasteiger charge is -2.04. The van der Waals surface area contributed by atoms with Crippen molar-refractivity contribution >= 4 is 17.6 Å². The van der Waals surface area contributed by atoms with Crippen molar-refractivity contribution in [2.24, 2.45) is 5.84 Å². The summed E-state index contributed by atoms with van der Waals surface area (Å²) in [6.45, 7) is 4.05. The topological polar surface area (TPSA) is 63.8 Å². The Bertz CT molecular complexity index is 507. The van der Waals surface area contributed by atoms with E-state index in [0.717, 1.165) is 15.7 Å². The number of hydrogen-bond acceptors (Lipinski definition) is 5. The maximum Gasteiger partial charge on any atom is 0.141 e. The largest absolute Gasteiger partial charge is 0.308 e. The van der Waals surface area contributed by atoms with Gasteiger partial charge in [0, 0.05) is 5.69 Å². The minimum atomic E-state index is 0.652. The fourth-order valence-electron chi connectivity index (χ4n) is 1.52. The molecule has 5 heteroatoms. The fourth-order valence-corrected chi connectivity index (χ4v) is 2.46. The van der Waals surface area contributed by atoms with Gasteiger partial charge in [0.2, 0.25) is 0 Å². The van der Waals surface area contributed by atoms with Crippen LogP contribution in [0.25, 0.3) is 0 Å². The highest BCUT2D eigenvalue weighted by atomic mass is 32.2. The van der Waals surface area contributed by atoms with Crippen LogP contribution in [-0.2, 0) is 0 Å². The second-order valence-corrected chi connectivity index (χ2v) is 4.77. The van der Waals surface area contributed by atoms with Gasteiger partial charge in [0.05, 0.1) is 0 Å². The van der Waals surface area contributed by atoms with Crippen molar-refractivity contribution in [3.05, 3.63) is 41.6 Å². The van der Waals surface area contributed by atoms with Crippen LogP contribution in [-0.4, -0.2) is 9.97 Å². The van der Waals surface area contributed by atoms with Gasteiger partial charge in [0.25, 0.3) is 0 Å². The Balaban J connectivity index is 2.24. The maximum atomic E-state index is 5.32. The van der Waals surface area contributed by atoms with E-state index < -0.39 is 0 Å². The number of aromatic nitrogens is 2. The number of nitrogens with zero attached hydrogens (tertiary/aromatic N) is 2. The summed E-state index contributed by atoms with van der Waals surface area (Å²) in [5.74, 6) is 5.98. The summed E-state index contributed by atoms with van der Waals surface area (Å²) in [6.07, 6.45) is 0. The van der Waals surface area contributed by atoms with Gasteiger partial charge in [-0.2, -0.15) is 0 Å². The number of anilines is 1. The number of aryl methyl sites for hydroxylation is 2. The lowest BCUT2D eigenvalue weighted by molar-refractivity contribution is 1.03. The second kappa shape index (κ2) is 5.16. The van der Waals surface area contributed by atoms with Crippen LogP contribution in [0.3, 0.4) is 0 Å². The standard InChI is InChI=1S/C12H14N4S/c1-8-6-9(2)14-12(7-8)17-11-5-3-4-10(15-11)16-13/h3-7H,13H2,1-2H3,(H,15,16). The Morgan fingerprint density at radius 1 is 1.12 bits per heavy atom. The number of nitrogens with one attached hydrogen (secondary N) is 1. The first-order chi connectivity index (χ1) is 8.17. The molecule has 0 bridgehead atoms. The van der Waals surface area contributed by atoms with Gasteiger partial charge in [-0.05, 0) is 43.7 Å². The molecule has 0 saturated heterocycles. The third-order valence-corrected chi connectivity index (χ3v) is 3.01. The first-order valence-electron chi connectivity index (χ1n) is 5.24. The molecule has 3 N–H and O–H groups in total. The molecule has 2 aromatic heterocycles. The molecule has 4 nitrogen and oxygen atoms in total. The van der Waals surface area contributed by atoms with Crippen LogP contribution < -0.4 is 11.3 Å². The average molecular weight is 246 g/mol. The van der Waals surface area contributed by atoms with Gasteiger partial charge < -0.3 is 5.43 Å². The third kappa shape index (κ3) is 3.18. The van der Waals surface area contributed by atoms with Crippen LogP contribution in [0.4, 0.5) is 5.82 Å². The van der Waals surface area contributed by atoms with Gasteiger partial charge in [-0.1, -0.05) is 17.8 Å². The minimum Gasteiger partial charge on any atom is -0.308 e. The van der Waals surface area contributed by atoms with Crippen LogP contribution in [0, 0.1) is 13.8 Å². The number of nitrogen functional groups attached to an aromatic ring is 1. The number of pyridine rings is 2. The molecule has 0 amide bonds. The Morgan fingerprint density at radius 2 is 1.94 bits per heavy atom. The molecule has 2 rings (SSSR count). The molecule has 88 valence electrons. The molecule has 0 aromatic carbocycles. The van der Waals surface area contributed by atoms with Crippen LogP contribution in [0.15, 0.2) is 40.4 Å². The Hall–Kier alpha value is -1.59. The van der Waals surface area contributed by atoms with Gasteiger partial charge in [0.1, 0.15) is 15.9 Å². The summed E-state index contributed by atoms with van der Waals surface area (Å²) in [5.41, 5.74) is 4.75. The molecule has 0 radical (unpaired) electrons. The molecule has 0 aliphatic rings. The number of hydrogen-bond donors (Lipinski definition) is 2. The Labute approximate surface area is 105 Å². The van der Waals surface area contributed by atoms with E-state index in [1.165, 1.54) is 17.3 Å². The SMILES string of the molecule is Cc1cc(C)nc(Sc2cccc(NN)n2)c1. The lowest BCUT2D eigenvalue weighted by atomic mass is 10.3. The van der Waals surface area contributed by atoms with E-state index in [9.17, 15) is 0 Å². The van der Waals surface area contributed by atoms with Gasteiger partial charge in [-0.15, -0.1) is 0 Å². The molecule has 2 heterocycles. The normalized spacial score (nSPS) is 10.3. The smallest absolute Gasteiger partial charge is 0.141 e. The van der Waals surface area contributed by atoms with Crippen molar-refractivity contribution in [2.45, 2.75) is 23.9 Å². The van der Waals surface area contributed by atoms with Crippen LogP contribution in [0.5, 0.6) is 0 Å². The molecule has 0 fully saturated rings. The monoisotopic (exact) mass is 246 g/mol. The molecule has 0 spiro atoms. The van der Waals surface area contributed by atoms with Crippen molar-refractivity contribution in [3.63, 3.8) is 0 Å². The zero-order chi connectivity index (χ0) is 12.3. The molecule has 0 atom stereocenters. The summed E-state index contributed by atoms with van der Waals surface area (Å²) >= 11 is 1.53. The molecule has 2 aromatic rings. The summed E-state index contributed by atoms with van der Waals surface area (Å²) in [5, 5.41) is 1.82. The molecule has 17 heavy (non-hydrogen) atoms. The van der Waals surface area contributed by atoms with Crippen molar-refractivity contribution in [1.82, 2.24) is 9.97 Å². The summed E-state index contributed by atoms with van der Waals surface area (Å²) in [4.78, 5) is 8.79. The van der Waals surface area contributed by atoms with Crippen LogP contribution in [0.1, 0.15) is 11.3 Å². The van der Waals surface area contributed by atoms with E-state index >= 15 is 0 Å². The Kier molecular flexibility index (Phi) is 3.61. The van der Waals surface area contributed by atoms with Crippen LogP contribution in [0.2, 0.25) is 0 Å². The highest BCUT2D eigenvalue weighted by Gasteiger charge is 2.02. The highest BCUT2D eigenvalue weighted by molar-refractivity contribution is 7.99. The summed E-state index contributed by atoms with van der Waals surface area (Å²) < 4.78 is 0. The quantitative estimate of drug-likeness (QED) is 0.643. The average Bonchev–Trinajstić information content (AvgIpc) is 2.28. The highest BCUT2D eigenvalue weighted by Crippen LogP contribution is 2.26. The zero-order valence-electron chi connectivity index (χ0n) is 9.77. The number of rotatable bonds is 3. The first-order valence-corrected chi connectivity index (χ1v) is 6.06. The predicted molar refractivity (Wildman–Crippen MR) is 69.9 cm³/mol. The molecule has 0 aliphatic carbocycles. The van der Waals surface area contributed by atoms with Gasteiger partial charge in [-0.3, -0.25) is 0 Å². The van der Waals surface area contributed by atoms with Crippen molar-refractivity contribution < 1.29 is 0 Å². The number of hydrazine groups is 1. The van der Waals surface area contributed by atoms with Gasteiger partial charge in [-0.25, -0.2) is 15.8 Å². The lowest BCUT2D eigenvalue weighted by Crippen LogP contribution is -2.08. The summed E-state index contributed by atoms with van der Waals surface area (Å²) in [7, 11) is 0. The maximum absolute atomic E-state index is 5.32. The first kappa shape index (κ1) is 11.9. The number of nitrogens with two attached hydrogens (primary N) is 1. The van der Waals surface area contributed by atoms with E-state index in [1.807, 2.05) is 31.2 Å². The van der Waals surface area contributed by atoms with E-state index in [2.05, 4.69) is 28.4 Å². The van der Waals surface area contributed by atoms with E-state index in [0.29, 0.717) is 5.82 Å². The van der Waals surface area contributed by atoms with Crippen molar-refractivity contribution in [2.75, 3.05) is 5.43 Å². The van der Waals surface area contributed by atoms with Crippen molar-refractivity contribution in [3.8, 4) is 0 Å². The predicted octanol–water partition coefficient (Wildman–Crippen LogP) is 2.53. The molecular weight excluding hydrogens is 232 g/mol. The van der Waals surface area contributed by atoms with Crippen molar-refractivity contribution in [1.29, 1.82) is 0 Å². The Morgan fingerprint density at radius 3 is 2.65 bits per heavy atom. The third-order valence-electron chi connectivity index (χ3n) is 2.15. The molecule has 0 unspecified atom stereocenters. The molecular formula is C12H14N4S. The fraction of sp³-hybridized carbons (Fsp3) is 0.167. The van der Waals surface area contributed by atoms with Crippen LogP contribution >= 0.6 is 11.8 Å².